The van der Waals surface area contributed by atoms with E-state index in [9.17, 15) is 0 Å². The molecule has 4 nitrogen and oxygen atoms in total. The van der Waals surface area contributed by atoms with E-state index < -0.39 is 0 Å². The summed E-state index contributed by atoms with van der Waals surface area (Å²) in [5, 5.41) is 15.5. The van der Waals surface area contributed by atoms with Crippen molar-refractivity contribution in [2.45, 2.75) is 37.8 Å². The third kappa shape index (κ3) is 7.44. The number of hydrogen-bond acceptors (Lipinski definition) is 0. The molecule has 6 aromatic rings. The summed E-state index contributed by atoms with van der Waals surface area (Å²) in [4.78, 5) is 10.8. The van der Waals surface area contributed by atoms with Crippen LogP contribution in [0.1, 0.15) is 59.3 Å². The first kappa shape index (κ1) is 38.5. The second kappa shape index (κ2) is 16.1. The minimum Gasteiger partial charge on any atom is -1.00 e. The molecular weight excluding hydrogens is 818 g/mol. The molecule has 3 aliphatic heterocycles. The number of nitrogens with zero attached hydrogens (tertiary/aromatic N) is 4. The van der Waals surface area contributed by atoms with Crippen molar-refractivity contribution in [2.24, 2.45) is 0 Å². The zero-order valence-electron chi connectivity index (χ0n) is 28.6. The zero-order valence-corrected chi connectivity index (χ0v) is 33.4. The predicted molar refractivity (Wildman–Crippen MR) is 214 cm³/mol. The van der Waals surface area contributed by atoms with Gasteiger partial charge in [0.25, 0.3) is 0 Å². The van der Waals surface area contributed by atoms with E-state index in [2.05, 4.69) is 72.8 Å². The van der Waals surface area contributed by atoms with E-state index in [1.165, 1.54) is 0 Å². The van der Waals surface area contributed by atoms with Gasteiger partial charge in [0.15, 0.2) is 0 Å². The largest absolute Gasteiger partial charge is 5.00 e. The summed E-state index contributed by atoms with van der Waals surface area (Å²) in [6, 6.07) is 40.1. The molecule has 0 amide bonds. The van der Waals surface area contributed by atoms with Crippen LogP contribution in [-0.4, -0.2) is 12.1 Å². The van der Waals surface area contributed by atoms with Gasteiger partial charge in [0.05, 0.1) is 0 Å². The number of fused-ring (bicyclic) bond motifs is 8. The molecule has 1 radical (unpaired) electrons. The van der Waals surface area contributed by atoms with Crippen molar-refractivity contribution in [3.8, 4) is 0 Å². The normalized spacial score (nSPS) is 22.5. The van der Waals surface area contributed by atoms with Crippen LogP contribution in [-0.2, 0) is 17.1 Å². The molecule has 2 saturated heterocycles. The Bertz CT molecular complexity index is 2330. The Hall–Kier alpha value is -3.77. The first-order valence-corrected chi connectivity index (χ1v) is 18.8. The summed E-state index contributed by atoms with van der Waals surface area (Å²) in [6.07, 6.45) is 3.21. The van der Waals surface area contributed by atoms with Gasteiger partial charge in [-0.2, -0.15) is 11.4 Å². The quantitative estimate of drug-likeness (QED) is 0.170. The van der Waals surface area contributed by atoms with Crippen molar-refractivity contribution in [1.82, 2.24) is 9.97 Å². The second-order valence-electron chi connectivity index (χ2n) is 13.3. The smallest absolute Gasteiger partial charge is 1.00 e. The maximum atomic E-state index is 6.39. The summed E-state index contributed by atoms with van der Waals surface area (Å²) in [5.74, 6) is 0. The third-order valence-corrected chi connectivity index (χ3v) is 11.1. The molecule has 0 aliphatic carbocycles. The van der Waals surface area contributed by atoms with Crippen LogP contribution < -0.4 is 33.1 Å². The molecule has 4 aromatic carbocycles. The summed E-state index contributed by atoms with van der Waals surface area (Å²) < 4.78 is 0. The summed E-state index contributed by atoms with van der Waals surface area (Å²) in [6.45, 7) is 0. The van der Waals surface area contributed by atoms with Crippen molar-refractivity contribution in [2.75, 3.05) is 0 Å². The Morgan fingerprint density at radius 1 is 0.407 bits per heavy atom. The molecule has 2 aromatic heterocycles. The van der Waals surface area contributed by atoms with Crippen LogP contribution in [0.15, 0.2) is 133 Å². The van der Waals surface area contributed by atoms with E-state index in [-0.39, 0.29) is 41.6 Å². The molecule has 2 atom stereocenters. The van der Waals surface area contributed by atoms with E-state index in [1.807, 2.05) is 48.5 Å². The molecule has 0 N–H and O–H groups in total. The van der Waals surface area contributed by atoms with Gasteiger partial charge in [-0.05, 0) is 83.6 Å². The third-order valence-electron chi connectivity index (χ3n) is 10.1. The summed E-state index contributed by atoms with van der Waals surface area (Å²) >= 11 is 25.5. The van der Waals surface area contributed by atoms with Gasteiger partial charge in [-0.3, -0.25) is 0 Å². The van der Waals surface area contributed by atoms with Gasteiger partial charge in [-0.25, -0.2) is 0 Å². The van der Waals surface area contributed by atoms with Crippen molar-refractivity contribution in [3.63, 3.8) is 0 Å². The van der Waals surface area contributed by atoms with Crippen LogP contribution in [0.5, 0.6) is 0 Å². The molecule has 2 unspecified atom stereocenters. The minimum absolute atomic E-state index is 0. The molecule has 269 valence electrons. The summed E-state index contributed by atoms with van der Waals surface area (Å²) in [7, 11) is 0. The average Bonchev–Trinajstić information content (AvgIpc) is 3.99. The maximum Gasteiger partial charge on any atom is 5.00 e. The molecule has 5 heterocycles. The van der Waals surface area contributed by atoms with Crippen LogP contribution in [0.25, 0.3) is 32.9 Å². The standard InChI is InChI=1S/C44H30Cl4N4.ClH.Fe/c45-29-9-1-25(2-10-29)41-33-17-19-35(49-33)42(26-3-11-30(46)12-4-26)37-21-23-39(51-37)44(28-7-15-32(48)16-8-28)40-24-22-38(52-40)43(36-20-18-34(41)50-36)27-5-13-31(47)14-6-27;;/h1-17,19,22,24,34,37H,18,20-21,23H2;1H;/q-4;;+5/p-1/b41-33-,42-35+,43-36-,44-39-;;. The van der Waals surface area contributed by atoms with E-state index >= 15 is 0 Å². The fraction of sp³-hybridized carbons (Fsp3) is 0.136. The number of benzene rings is 4. The Morgan fingerprint density at radius 2 is 0.741 bits per heavy atom. The second-order valence-corrected chi connectivity index (χ2v) is 15.0. The molecule has 10 heteroatoms. The SMILES string of the molecule is Clc1ccc(/C2=C3\CCC([N-]3)/C(c3ccc(Cl)cc3)=c3/cc/c([n-]3)=C(/c3ccc(Cl)cc3)C3CC/C(=C(\c4ccc(Cl)cc4)c4ccc2[n-]4)[N-]3)cc1.[Cl-].[Fe+5]. The first-order valence-electron chi connectivity index (χ1n) is 17.3. The van der Waals surface area contributed by atoms with E-state index in [4.69, 9.17) is 67.0 Å². The molecule has 0 spiro atoms. The van der Waals surface area contributed by atoms with Gasteiger partial charge < -0.3 is 33.0 Å². The van der Waals surface area contributed by atoms with Crippen molar-refractivity contribution in [1.29, 1.82) is 0 Å². The van der Waals surface area contributed by atoms with Gasteiger partial charge in [-0.15, -0.1) is 22.1 Å². The molecule has 3 aliphatic rings. The van der Waals surface area contributed by atoms with Crippen molar-refractivity contribution in [3.05, 3.63) is 208 Å². The zero-order chi connectivity index (χ0) is 35.3. The minimum atomic E-state index is -0.130. The van der Waals surface area contributed by atoms with Crippen LogP contribution >= 0.6 is 46.4 Å². The van der Waals surface area contributed by atoms with Crippen LogP contribution in [0, 0.1) is 0 Å². The van der Waals surface area contributed by atoms with Crippen LogP contribution in [0.4, 0.5) is 0 Å². The van der Waals surface area contributed by atoms with E-state index in [0.717, 1.165) is 104 Å². The average molecular weight is 848 g/mol. The van der Waals surface area contributed by atoms with Crippen LogP contribution in [0.2, 0.25) is 20.1 Å². The molecular formula is C44H30Cl5FeN4. The van der Waals surface area contributed by atoms with Gasteiger partial charge in [0.1, 0.15) is 0 Å². The van der Waals surface area contributed by atoms with Crippen molar-refractivity contribution < 1.29 is 29.5 Å². The number of rotatable bonds is 4. The van der Waals surface area contributed by atoms with E-state index in [0.29, 0.717) is 20.1 Å². The van der Waals surface area contributed by atoms with Gasteiger partial charge in [0.2, 0.25) is 0 Å². The Morgan fingerprint density at radius 3 is 1.09 bits per heavy atom. The summed E-state index contributed by atoms with van der Waals surface area (Å²) in [5.41, 5.74) is 12.0. The Balaban J connectivity index is 0.00000225. The number of aromatic nitrogens is 2. The van der Waals surface area contributed by atoms with Crippen LogP contribution in [0.3, 0.4) is 0 Å². The number of hydrogen-bond donors (Lipinski definition) is 0. The van der Waals surface area contributed by atoms with E-state index in [1.54, 1.807) is 0 Å². The van der Waals surface area contributed by atoms with Gasteiger partial charge in [-0.1, -0.05) is 166 Å². The van der Waals surface area contributed by atoms with Gasteiger partial charge in [0, 0.05) is 20.1 Å². The molecule has 54 heavy (non-hydrogen) atoms. The maximum absolute atomic E-state index is 6.39. The molecule has 8 bridgehead atoms. The monoisotopic (exact) mass is 845 g/mol. The number of allylic oxidation sites excluding steroid dienone is 2. The fourth-order valence-electron chi connectivity index (χ4n) is 7.72. The fourth-order valence-corrected chi connectivity index (χ4v) is 8.22. The van der Waals surface area contributed by atoms with Crippen molar-refractivity contribution >= 4 is 68.7 Å². The Kier molecular flexibility index (Phi) is 11.5. The Labute approximate surface area is 351 Å². The number of halogens is 5. The molecule has 9 rings (SSSR count). The first-order chi connectivity index (χ1) is 25.4. The molecule has 0 saturated carbocycles. The van der Waals surface area contributed by atoms with Gasteiger partial charge >= 0.3 is 17.1 Å². The topological polar surface area (TPSA) is 56.4 Å². The predicted octanol–water partition coefficient (Wildman–Crippen LogP) is 7.92. The molecule has 2 fully saturated rings.